The van der Waals surface area contributed by atoms with Gasteiger partial charge in [0.15, 0.2) is 0 Å². The molecule has 0 fully saturated rings. The smallest absolute Gasteiger partial charge is 0.0521 e. The highest BCUT2D eigenvalue weighted by molar-refractivity contribution is 5.03. The summed E-state index contributed by atoms with van der Waals surface area (Å²) in [6.45, 7) is 5.32. The van der Waals surface area contributed by atoms with E-state index in [0.717, 1.165) is 18.9 Å². The second kappa shape index (κ2) is 5.91. The summed E-state index contributed by atoms with van der Waals surface area (Å²) < 4.78 is 1.86. The molecule has 1 unspecified atom stereocenters. The van der Waals surface area contributed by atoms with Gasteiger partial charge in [-0.1, -0.05) is 13.8 Å². The van der Waals surface area contributed by atoms with Crippen molar-refractivity contribution in [1.82, 2.24) is 9.78 Å². The van der Waals surface area contributed by atoms with Gasteiger partial charge in [0, 0.05) is 13.2 Å². The van der Waals surface area contributed by atoms with Crippen molar-refractivity contribution in [2.75, 3.05) is 6.54 Å². The zero-order valence-corrected chi connectivity index (χ0v) is 10.1. The van der Waals surface area contributed by atoms with Gasteiger partial charge in [-0.05, 0) is 43.2 Å². The van der Waals surface area contributed by atoms with E-state index in [2.05, 4.69) is 25.1 Å². The van der Waals surface area contributed by atoms with E-state index < -0.39 is 0 Å². The van der Waals surface area contributed by atoms with Crippen LogP contribution < -0.4 is 5.73 Å². The Morgan fingerprint density at radius 1 is 1.47 bits per heavy atom. The highest BCUT2D eigenvalue weighted by atomic mass is 15.2. The van der Waals surface area contributed by atoms with Crippen LogP contribution in [0.25, 0.3) is 0 Å². The van der Waals surface area contributed by atoms with Crippen LogP contribution in [0.4, 0.5) is 0 Å². The van der Waals surface area contributed by atoms with E-state index in [4.69, 9.17) is 5.73 Å². The van der Waals surface area contributed by atoms with Gasteiger partial charge in [0.05, 0.1) is 6.20 Å². The van der Waals surface area contributed by atoms with Crippen molar-refractivity contribution in [3.05, 3.63) is 18.0 Å². The molecule has 1 aromatic heterocycles. The van der Waals surface area contributed by atoms with Gasteiger partial charge in [0.25, 0.3) is 0 Å². The molecule has 1 rings (SSSR count). The minimum Gasteiger partial charge on any atom is -0.330 e. The zero-order chi connectivity index (χ0) is 11.3. The van der Waals surface area contributed by atoms with Gasteiger partial charge >= 0.3 is 0 Å². The van der Waals surface area contributed by atoms with Crippen LogP contribution in [-0.4, -0.2) is 16.3 Å². The molecule has 0 saturated heterocycles. The maximum atomic E-state index is 5.77. The Morgan fingerprint density at radius 3 is 2.67 bits per heavy atom. The molecular weight excluding hydrogens is 186 g/mol. The Balaban J connectivity index is 2.34. The number of hydrogen-bond acceptors (Lipinski definition) is 2. The topological polar surface area (TPSA) is 43.8 Å². The number of nitrogens with two attached hydrogens (primary N) is 1. The van der Waals surface area contributed by atoms with Gasteiger partial charge in [0.2, 0.25) is 0 Å². The molecule has 0 spiro atoms. The second-order valence-electron chi connectivity index (χ2n) is 4.79. The normalized spacial score (nSPS) is 13.4. The van der Waals surface area contributed by atoms with Gasteiger partial charge < -0.3 is 5.73 Å². The predicted octanol–water partition coefficient (Wildman–Crippen LogP) is 1.97. The third-order valence-corrected chi connectivity index (χ3v) is 2.74. The summed E-state index contributed by atoms with van der Waals surface area (Å²) in [7, 11) is 1.96. The number of rotatable bonds is 6. The lowest BCUT2D eigenvalue weighted by atomic mass is 9.92. The van der Waals surface area contributed by atoms with Gasteiger partial charge in [-0.2, -0.15) is 5.10 Å². The summed E-state index contributed by atoms with van der Waals surface area (Å²) >= 11 is 0. The molecular formula is C12H23N3. The monoisotopic (exact) mass is 209 g/mol. The maximum absolute atomic E-state index is 5.77. The Labute approximate surface area is 92.7 Å². The minimum atomic E-state index is 0.658. The molecule has 0 saturated carbocycles. The molecule has 0 aliphatic heterocycles. The fourth-order valence-electron chi connectivity index (χ4n) is 1.97. The van der Waals surface area contributed by atoms with Gasteiger partial charge in [-0.3, -0.25) is 4.68 Å². The lowest BCUT2D eigenvalue weighted by Gasteiger charge is -2.16. The average molecular weight is 209 g/mol. The van der Waals surface area contributed by atoms with E-state index in [1.807, 2.05) is 17.9 Å². The summed E-state index contributed by atoms with van der Waals surface area (Å²) in [6.07, 6.45) is 7.55. The number of hydrogen-bond donors (Lipinski definition) is 1. The molecule has 1 heterocycles. The van der Waals surface area contributed by atoms with Crippen LogP contribution in [0.3, 0.4) is 0 Å². The first-order valence-corrected chi connectivity index (χ1v) is 5.79. The quantitative estimate of drug-likeness (QED) is 0.778. The van der Waals surface area contributed by atoms with Gasteiger partial charge in [-0.15, -0.1) is 0 Å². The lowest BCUT2D eigenvalue weighted by molar-refractivity contribution is 0.394. The molecule has 3 nitrogen and oxygen atoms in total. The number of nitrogens with zero attached hydrogens (tertiary/aromatic N) is 2. The summed E-state index contributed by atoms with van der Waals surface area (Å²) in [4.78, 5) is 0. The fraction of sp³-hybridized carbons (Fsp3) is 0.750. The van der Waals surface area contributed by atoms with E-state index in [-0.39, 0.29) is 0 Å². The molecule has 0 amide bonds. The molecule has 15 heavy (non-hydrogen) atoms. The van der Waals surface area contributed by atoms with Crippen LogP contribution in [0.2, 0.25) is 0 Å². The molecule has 0 bridgehead atoms. The third kappa shape index (κ3) is 4.47. The molecule has 1 atom stereocenters. The summed E-state index contributed by atoms with van der Waals surface area (Å²) in [5.74, 6) is 1.40. The first kappa shape index (κ1) is 12.2. The van der Waals surface area contributed by atoms with E-state index in [1.165, 1.54) is 18.4 Å². The first-order chi connectivity index (χ1) is 7.11. The molecule has 0 aliphatic carbocycles. The van der Waals surface area contributed by atoms with E-state index in [0.29, 0.717) is 5.92 Å². The van der Waals surface area contributed by atoms with E-state index in [1.54, 1.807) is 0 Å². The second-order valence-corrected chi connectivity index (χ2v) is 4.79. The molecule has 1 aromatic rings. The molecule has 0 aliphatic rings. The molecule has 3 heteroatoms. The highest BCUT2D eigenvalue weighted by Crippen LogP contribution is 2.16. The van der Waals surface area contributed by atoms with E-state index >= 15 is 0 Å². The van der Waals surface area contributed by atoms with Crippen LogP contribution in [0.15, 0.2) is 12.4 Å². The molecule has 2 N–H and O–H groups in total. The lowest BCUT2D eigenvalue weighted by Crippen LogP contribution is -2.17. The van der Waals surface area contributed by atoms with Crippen molar-refractivity contribution in [2.24, 2.45) is 24.6 Å². The van der Waals surface area contributed by atoms with Crippen molar-refractivity contribution in [3.8, 4) is 0 Å². The van der Waals surface area contributed by atoms with Crippen LogP contribution in [0.5, 0.6) is 0 Å². The first-order valence-electron chi connectivity index (χ1n) is 5.79. The van der Waals surface area contributed by atoms with Crippen molar-refractivity contribution < 1.29 is 0 Å². The SMILES string of the molecule is CC(C)CC(CN)CCc1cnn(C)c1. The summed E-state index contributed by atoms with van der Waals surface area (Å²) in [6, 6.07) is 0. The third-order valence-electron chi connectivity index (χ3n) is 2.74. The Bertz CT molecular complexity index is 278. The average Bonchev–Trinajstić information content (AvgIpc) is 2.58. The largest absolute Gasteiger partial charge is 0.330 e. The maximum Gasteiger partial charge on any atom is 0.0521 e. The summed E-state index contributed by atoms with van der Waals surface area (Å²) in [5.41, 5.74) is 7.09. The molecule has 0 aromatic carbocycles. The van der Waals surface area contributed by atoms with E-state index in [9.17, 15) is 0 Å². The van der Waals surface area contributed by atoms with Crippen molar-refractivity contribution in [3.63, 3.8) is 0 Å². The number of aryl methyl sites for hydroxylation is 2. The van der Waals surface area contributed by atoms with Gasteiger partial charge in [0.1, 0.15) is 0 Å². The number of aromatic nitrogens is 2. The van der Waals surface area contributed by atoms with Gasteiger partial charge in [-0.25, -0.2) is 0 Å². The molecule has 0 radical (unpaired) electrons. The van der Waals surface area contributed by atoms with Crippen LogP contribution in [0, 0.1) is 11.8 Å². The minimum absolute atomic E-state index is 0.658. The Morgan fingerprint density at radius 2 is 2.20 bits per heavy atom. The standard InChI is InChI=1S/C12H23N3/c1-10(2)6-11(7-13)4-5-12-8-14-15(3)9-12/h8-11H,4-7,13H2,1-3H3. The Hall–Kier alpha value is -0.830. The van der Waals surface area contributed by atoms with Crippen LogP contribution in [0.1, 0.15) is 32.3 Å². The molecule has 86 valence electrons. The van der Waals surface area contributed by atoms with Crippen molar-refractivity contribution in [1.29, 1.82) is 0 Å². The predicted molar refractivity (Wildman–Crippen MR) is 63.5 cm³/mol. The highest BCUT2D eigenvalue weighted by Gasteiger charge is 2.09. The van der Waals surface area contributed by atoms with Crippen LogP contribution in [-0.2, 0) is 13.5 Å². The van der Waals surface area contributed by atoms with Crippen LogP contribution >= 0.6 is 0 Å². The fourth-order valence-corrected chi connectivity index (χ4v) is 1.97. The summed E-state index contributed by atoms with van der Waals surface area (Å²) in [5, 5.41) is 4.17. The van der Waals surface area contributed by atoms with Crippen molar-refractivity contribution >= 4 is 0 Å². The van der Waals surface area contributed by atoms with Crippen molar-refractivity contribution in [2.45, 2.75) is 33.1 Å². The zero-order valence-electron chi connectivity index (χ0n) is 10.1. The Kier molecular flexibility index (Phi) is 4.82.